The van der Waals surface area contributed by atoms with E-state index in [0.717, 1.165) is 128 Å². The first-order chi connectivity index (χ1) is 36.2. The molecule has 0 bridgehead atoms. The van der Waals surface area contributed by atoms with Gasteiger partial charge in [-0.25, -0.2) is 4.57 Å². The molecule has 0 aromatic carbocycles. The van der Waals surface area contributed by atoms with Gasteiger partial charge in [-0.3, -0.25) is 23.4 Å². The third-order valence-electron chi connectivity index (χ3n) is 11.1. The van der Waals surface area contributed by atoms with Crippen molar-refractivity contribution in [3.05, 3.63) is 134 Å². The van der Waals surface area contributed by atoms with Crippen LogP contribution in [0.5, 0.6) is 0 Å². The molecule has 3 atom stereocenters. The van der Waals surface area contributed by atoms with Crippen molar-refractivity contribution in [2.75, 3.05) is 26.4 Å². The SMILES string of the molecule is CC/C=C\C/C=C\C/C=C\C/C=C\C/C=C\CCCC(=O)OC(COC(=O)CCCCCCCCC/C=C\C/C=C\C/C=C\CC)COP(=O)(O)OCC(CO)OC(=O)CCCCC/C=C\C/C=C\C/C=C\CC. The summed E-state index contributed by atoms with van der Waals surface area (Å²) in [4.78, 5) is 48.5. The van der Waals surface area contributed by atoms with Gasteiger partial charge in [0, 0.05) is 19.3 Å². The van der Waals surface area contributed by atoms with Crippen molar-refractivity contribution in [1.29, 1.82) is 0 Å². The van der Waals surface area contributed by atoms with Crippen LogP contribution in [0.3, 0.4) is 0 Å². The maximum absolute atomic E-state index is 12.9. The van der Waals surface area contributed by atoms with Crippen LogP contribution in [-0.2, 0) is 42.2 Å². The molecule has 74 heavy (non-hydrogen) atoms. The lowest BCUT2D eigenvalue weighted by atomic mass is 10.1. The molecule has 0 aliphatic rings. The van der Waals surface area contributed by atoms with Crippen molar-refractivity contribution in [3.63, 3.8) is 0 Å². The van der Waals surface area contributed by atoms with Crippen LogP contribution in [-0.4, -0.2) is 66.5 Å². The van der Waals surface area contributed by atoms with Crippen molar-refractivity contribution in [1.82, 2.24) is 0 Å². The molecule has 0 fully saturated rings. The molecule has 0 radical (unpaired) electrons. The second kappa shape index (κ2) is 54.9. The molecule has 0 saturated heterocycles. The second-order valence-corrected chi connectivity index (χ2v) is 19.4. The summed E-state index contributed by atoms with van der Waals surface area (Å²) in [6.07, 6.45) is 68.5. The third kappa shape index (κ3) is 52.5. The molecule has 0 aliphatic carbocycles. The topological polar surface area (TPSA) is 155 Å². The van der Waals surface area contributed by atoms with E-state index in [1.807, 2.05) is 12.2 Å². The Morgan fingerprint density at radius 1 is 0.378 bits per heavy atom. The highest BCUT2D eigenvalue weighted by atomic mass is 31.2. The summed E-state index contributed by atoms with van der Waals surface area (Å²) in [7, 11) is -4.78. The van der Waals surface area contributed by atoms with Crippen LogP contribution in [0.2, 0.25) is 0 Å². The lowest BCUT2D eigenvalue weighted by molar-refractivity contribution is -0.161. The first-order valence-electron chi connectivity index (χ1n) is 28.1. The summed E-state index contributed by atoms with van der Waals surface area (Å²) >= 11 is 0. The zero-order chi connectivity index (χ0) is 54.1. The van der Waals surface area contributed by atoms with E-state index in [2.05, 4.69) is 142 Å². The molecule has 0 saturated carbocycles. The Morgan fingerprint density at radius 3 is 1.08 bits per heavy atom. The fourth-order valence-electron chi connectivity index (χ4n) is 6.89. The van der Waals surface area contributed by atoms with Gasteiger partial charge < -0.3 is 24.2 Å². The Bertz CT molecular complexity index is 1750. The van der Waals surface area contributed by atoms with Gasteiger partial charge in [-0.1, -0.05) is 193 Å². The van der Waals surface area contributed by atoms with Gasteiger partial charge in [0.2, 0.25) is 0 Å². The minimum Gasteiger partial charge on any atom is -0.462 e. The van der Waals surface area contributed by atoms with Gasteiger partial charge >= 0.3 is 25.7 Å². The number of hydrogen-bond acceptors (Lipinski definition) is 10. The van der Waals surface area contributed by atoms with E-state index >= 15 is 0 Å². The Labute approximate surface area is 449 Å². The number of rotatable bonds is 50. The number of phosphoric ester groups is 1. The Kier molecular flexibility index (Phi) is 51.6. The number of unbranched alkanes of at least 4 members (excludes halogenated alkanes) is 11. The zero-order valence-electron chi connectivity index (χ0n) is 46.0. The number of aliphatic hydroxyl groups is 1. The number of carbonyl (C=O) groups is 3. The van der Waals surface area contributed by atoms with Gasteiger partial charge in [-0.15, -0.1) is 0 Å². The van der Waals surface area contributed by atoms with Gasteiger partial charge in [-0.05, 0) is 122 Å². The van der Waals surface area contributed by atoms with Crippen LogP contribution in [0.1, 0.15) is 201 Å². The van der Waals surface area contributed by atoms with Crippen LogP contribution < -0.4 is 0 Å². The normalized spacial score (nSPS) is 14.4. The molecule has 3 unspecified atom stereocenters. The molecule has 0 aromatic rings. The fraction of sp³-hybridized carbons (Fsp3) is 0.597. The van der Waals surface area contributed by atoms with Crippen LogP contribution in [0.25, 0.3) is 0 Å². The molecule has 2 N–H and O–H groups in total. The molecule has 0 heterocycles. The molecule has 0 rings (SSSR count). The number of ether oxygens (including phenoxy) is 3. The van der Waals surface area contributed by atoms with Crippen molar-refractivity contribution >= 4 is 25.7 Å². The van der Waals surface area contributed by atoms with E-state index in [-0.39, 0.29) is 25.9 Å². The quantitative estimate of drug-likeness (QED) is 0.0197. The van der Waals surface area contributed by atoms with Crippen LogP contribution in [0.4, 0.5) is 0 Å². The molecule has 12 heteroatoms. The Morgan fingerprint density at radius 2 is 0.676 bits per heavy atom. The maximum Gasteiger partial charge on any atom is 0.472 e. The van der Waals surface area contributed by atoms with Crippen LogP contribution in [0.15, 0.2) is 134 Å². The summed E-state index contributed by atoms with van der Waals surface area (Å²) in [5.74, 6) is -1.59. The average Bonchev–Trinajstić information content (AvgIpc) is 3.39. The highest BCUT2D eigenvalue weighted by Gasteiger charge is 2.28. The van der Waals surface area contributed by atoms with Crippen molar-refractivity contribution in [2.45, 2.75) is 213 Å². The molecule has 0 aromatic heterocycles. The first-order valence-corrected chi connectivity index (χ1v) is 29.6. The fourth-order valence-corrected chi connectivity index (χ4v) is 7.67. The number of hydrogen-bond donors (Lipinski definition) is 2. The highest BCUT2D eigenvalue weighted by molar-refractivity contribution is 7.47. The van der Waals surface area contributed by atoms with Gasteiger partial charge in [0.25, 0.3) is 0 Å². The summed E-state index contributed by atoms with van der Waals surface area (Å²) in [5.41, 5.74) is 0. The Hall–Kier alpha value is -4.38. The lowest BCUT2D eigenvalue weighted by Gasteiger charge is -2.21. The number of aliphatic hydroxyl groups excluding tert-OH is 1. The van der Waals surface area contributed by atoms with Crippen molar-refractivity contribution in [2.24, 2.45) is 0 Å². The first kappa shape index (κ1) is 69.6. The van der Waals surface area contributed by atoms with E-state index in [0.29, 0.717) is 25.7 Å². The summed E-state index contributed by atoms with van der Waals surface area (Å²) < 4.78 is 39.4. The number of carbonyl (C=O) groups excluding carboxylic acids is 3. The van der Waals surface area contributed by atoms with E-state index in [4.69, 9.17) is 23.3 Å². The lowest BCUT2D eigenvalue weighted by Crippen LogP contribution is -2.30. The number of esters is 3. The highest BCUT2D eigenvalue weighted by Crippen LogP contribution is 2.43. The van der Waals surface area contributed by atoms with Gasteiger partial charge in [0.15, 0.2) is 6.10 Å². The Balaban J connectivity index is 4.88. The summed E-state index contributed by atoms with van der Waals surface area (Å²) in [6, 6.07) is 0. The predicted octanol–water partition coefficient (Wildman–Crippen LogP) is 16.6. The van der Waals surface area contributed by atoms with E-state index in [1.165, 1.54) is 6.42 Å². The van der Waals surface area contributed by atoms with E-state index in [1.54, 1.807) is 0 Å². The van der Waals surface area contributed by atoms with Crippen LogP contribution in [0, 0.1) is 0 Å². The minimum atomic E-state index is -4.78. The smallest absolute Gasteiger partial charge is 0.462 e. The van der Waals surface area contributed by atoms with E-state index in [9.17, 15) is 28.9 Å². The maximum atomic E-state index is 12.9. The second-order valence-electron chi connectivity index (χ2n) is 18.0. The van der Waals surface area contributed by atoms with E-state index < -0.39 is 57.8 Å². The monoisotopic (exact) mass is 1050 g/mol. The molecule has 418 valence electrons. The number of allylic oxidation sites excluding steroid dienone is 22. The zero-order valence-corrected chi connectivity index (χ0v) is 46.9. The summed E-state index contributed by atoms with van der Waals surface area (Å²) in [6.45, 7) is 4.17. The van der Waals surface area contributed by atoms with Gasteiger partial charge in [-0.2, -0.15) is 0 Å². The summed E-state index contributed by atoms with van der Waals surface area (Å²) in [5, 5.41) is 9.80. The third-order valence-corrected chi connectivity index (χ3v) is 12.0. The van der Waals surface area contributed by atoms with Crippen LogP contribution >= 0.6 is 7.82 Å². The minimum absolute atomic E-state index is 0.0772. The largest absolute Gasteiger partial charge is 0.472 e. The van der Waals surface area contributed by atoms with Crippen molar-refractivity contribution < 1.29 is 52.2 Å². The molecule has 0 spiro atoms. The average molecular weight is 1050 g/mol. The number of phosphoric acid groups is 1. The standard InChI is InChI=1S/C62H99O11P/c1-4-7-10-13-16-19-22-25-27-29-31-34-36-39-42-45-48-51-60(64)69-55-59(73-62(66)53-50-47-44-41-38-35-32-30-28-26-23-20-17-14-11-8-5-2)57-71-74(67,68)70-56-58(54-63)72-61(65)52-49-46-43-40-37-33-24-21-18-15-12-9-6-3/h7-12,16-21,25-28,32-33,35,37,41,44,58-59,63H,4-6,13-15,22-24,29-31,34,36,38-40,42-43,45-57H2,1-3H3,(H,67,68)/b10-7-,11-8-,12-9-,19-16-,20-17-,21-18-,27-25-,28-26-,35-32-,37-33-,44-41-. The van der Waals surface area contributed by atoms with Gasteiger partial charge in [0.1, 0.15) is 12.7 Å². The molecule has 11 nitrogen and oxygen atoms in total. The molecular weight excluding hydrogens is 952 g/mol. The molecular formula is C62H99O11P. The molecule has 0 amide bonds. The molecule has 0 aliphatic heterocycles. The predicted molar refractivity (Wildman–Crippen MR) is 306 cm³/mol. The van der Waals surface area contributed by atoms with Crippen molar-refractivity contribution in [3.8, 4) is 0 Å². The van der Waals surface area contributed by atoms with Gasteiger partial charge in [0.05, 0.1) is 19.8 Å².